The largest absolute Gasteiger partial charge is 0.455 e. The van der Waals surface area contributed by atoms with E-state index in [1.54, 1.807) is 0 Å². The lowest BCUT2D eigenvalue weighted by atomic mass is 9.99. The molecule has 0 aliphatic carbocycles. The van der Waals surface area contributed by atoms with Gasteiger partial charge in [0.05, 0.1) is 22.1 Å². The molecule has 0 radical (unpaired) electrons. The highest BCUT2D eigenvalue weighted by atomic mass is 16.3. The quantitative estimate of drug-likeness (QED) is 0.173. The van der Waals surface area contributed by atoms with Crippen LogP contribution in [0.2, 0.25) is 0 Å². The highest BCUT2D eigenvalue weighted by molar-refractivity contribution is 6.22. The van der Waals surface area contributed by atoms with Crippen molar-refractivity contribution in [3.8, 4) is 11.4 Å². The average molecular weight is 611 g/mol. The predicted molar refractivity (Wildman–Crippen MR) is 202 cm³/mol. The molecule has 3 aromatic heterocycles. The van der Waals surface area contributed by atoms with Gasteiger partial charge in [-0.05, 0) is 73.4 Å². The molecule has 0 fully saturated rings. The van der Waals surface area contributed by atoms with Crippen molar-refractivity contribution in [3.05, 3.63) is 158 Å². The lowest BCUT2D eigenvalue weighted by molar-refractivity contribution is 0.670. The van der Waals surface area contributed by atoms with E-state index in [0.29, 0.717) is 0 Å². The predicted octanol–water partition coefficient (Wildman–Crippen LogP) is 12.4. The molecular weight excluding hydrogens is 585 g/mol. The fraction of sp³-hybridized carbons (Fsp3) is 0. The van der Waals surface area contributed by atoms with Crippen molar-refractivity contribution in [2.24, 2.45) is 0 Å². The normalized spacial score (nSPS) is 12.2. The molecule has 11 aromatic rings. The molecule has 8 aromatic carbocycles. The van der Waals surface area contributed by atoms with E-state index in [2.05, 4.69) is 162 Å². The van der Waals surface area contributed by atoms with Gasteiger partial charge in [0.15, 0.2) is 0 Å². The summed E-state index contributed by atoms with van der Waals surface area (Å²) in [5, 5.41) is 14.2. The van der Waals surface area contributed by atoms with E-state index in [4.69, 9.17) is 9.40 Å². The highest BCUT2D eigenvalue weighted by Crippen LogP contribution is 2.41. The van der Waals surface area contributed by atoms with Gasteiger partial charge in [0.1, 0.15) is 17.0 Å². The van der Waals surface area contributed by atoms with Crippen molar-refractivity contribution < 1.29 is 4.42 Å². The summed E-state index contributed by atoms with van der Waals surface area (Å²) in [6.07, 6.45) is 0. The molecule has 0 spiro atoms. The lowest BCUT2D eigenvalue weighted by Crippen LogP contribution is -1.91. The van der Waals surface area contributed by atoms with Gasteiger partial charge in [-0.15, -0.1) is 0 Å². The van der Waals surface area contributed by atoms with Crippen molar-refractivity contribution in [1.82, 2.24) is 9.38 Å². The summed E-state index contributed by atoms with van der Waals surface area (Å²) < 4.78 is 9.23. The Kier molecular flexibility index (Phi) is 5.11. The van der Waals surface area contributed by atoms with Crippen LogP contribution in [0, 0.1) is 0 Å². The van der Waals surface area contributed by atoms with Gasteiger partial charge >= 0.3 is 0 Å². The summed E-state index contributed by atoms with van der Waals surface area (Å²) in [7, 11) is 0. The van der Waals surface area contributed by atoms with Crippen LogP contribution in [-0.4, -0.2) is 9.38 Å². The molecule has 0 saturated carbocycles. The first-order chi connectivity index (χ1) is 23.8. The maximum absolute atomic E-state index is 6.87. The molecule has 0 aliphatic heterocycles. The van der Waals surface area contributed by atoms with Crippen molar-refractivity contribution in [2.45, 2.75) is 0 Å². The zero-order chi connectivity index (χ0) is 31.3. The van der Waals surface area contributed by atoms with Crippen molar-refractivity contribution in [1.29, 1.82) is 0 Å². The minimum absolute atomic E-state index is 0.846. The van der Waals surface area contributed by atoms with Crippen molar-refractivity contribution >= 4 is 92.4 Å². The second-order valence-corrected chi connectivity index (χ2v) is 12.7. The zero-order valence-corrected chi connectivity index (χ0v) is 25.8. The molecule has 0 amide bonds. The number of hydrogen-bond acceptors (Lipinski definition) is 2. The molecule has 0 bridgehead atoms. The number of imidazole rings is 1. The van der Waals surface area contributed by atoms with E-state index in [1.165, 1.54) is 43.1 Å². The first-order valence-electron chi connectivity index (χ1n) is 16.4. The molecule has 3 heteroatoms. The Hall–Kier alpha value is -6.45. The van der Waals surface area contributed by atoms with Crippen LogP contribution in [0.15, 0.2) is 162 Å². The van der Waals surface area contributed by atoms with E-state index in [9.17, 15) is 0 Å². The summed E-state index contributed by atoms with van der Waals surface area (Å²) in [5.74, 6) is 0.862. The molecule has 0 N–H and O–H groups in total. The van der Waals surface area contributed by atoms with Gasteiger partial charge in [0.25, 0.3) is 0 Å². The number of aromatic nitrogens is 2. The Morgan fingerprint density at radius 1 is 0.417 bits per heavy atom. The Bertz CT molecular complexity index is 3180. The Morgan fingerprint density at radius 2 is 1.02 bits per heavy atom. The van der Waals surface area contributed by atoms with Crippen LogP contribution in [0.5, 0.6) is 0 Å². The average Bonchev–Trinajstić information content (AvgIpc) is 3.73. The summed E-state index contributed by atoms with van der Waals surface area (Å²) in [5.41, 5.74) is 5.82. The summed E-state index contributed by atoms with van der Waals surface area (Å²) in [6, 6.07) is 56.6. The lowest BCUT2D eigenvalue weighted by Gasteiger charge is -2.06. The molecule has 3 nitrogen and oxygen atoms in total. The van der Waals surface area contributed by atoms with Crippen LogP contribution in [0.4, 0.5) is 0 Å². The second kappa shape index (κ2) is 9.54. The SMILES string of the molecule is c1ccc2c(c1)ccc1cc3c(cc12)oc1c(-c2nc4cccc5c6ccccc6c6ccccc6c6ccccc6n2c45)cccc13. The molecule has 0 unspecified atom stereocenters. The number of hydrogen-bond donors (Lipinski definition) is 0. The summed E-state index contributed by atoms with van der Waals surface area (Å²) >= 11 is 0. The molecule has 222 valence electrons. The fourth-order valence-electron chi connectivity index (χ4n) is 8.04. The zero-order valence-electron chi connectivity index (χ0n) is 25.8. The highest BCUT2D eigenvalue weighted by Gasteiger charge is 2.20. The van der Waals surface area contributed by atoms with Crippen LogP contribution in [0.3, 0.4) is 0 Å². The molecule has 0 atom stereocenters. The third kappa shape index (κ3) is 3.45. The maximum Gasteiger partial charge on any atom is 0.149 e. The number of nitrogens with zero attached hydrogens (tertiary/aromatic N) is 2. The first kappa shape index (κ1) is 25.7. The number of fused-ring (bicyclic) bond motifs is 13. The van der Waals surface area contributed by atoms with Crippen LogP contribution < -0.4 is 0 Å². The van der Waals surface area contributed by atoms with Gasteiger partial charge in [0.2, 0.25) is 0 Å². The van der Waals surface area contributed by atoms with E-state index in [-0.39, 0.29) is 0 Å². The first-order valence-corrected chi connectivity index (χ1v) is 16.4. The third-order valence-corrected chi connectivity index (χ3v) is 10.1. The Morgan fingerprint density at radius 3 is 1.83 bits per heavy atom. The van der Waals surface area contributed by atoms with Gasteiger partial charge in [0, 0.05) is 21.5 Å². The number of furan rings is 1. The number of para-hydroxylation sites is 3. The van der Waals surface area contributed by atoms with Gasteiger partial charge in [-0.2, -0.15) is 0 Å². The molecule has 48 heavy (non-hydrogen) atoms. The van der Waals surface area contributed by atoms with Crippen LogP contribution in [0.25, 0.3) is 104 Å². The van der Waals surface area contributed by atoms with E-state index in [0.717, 1.165) is 60.6 Å². The van der Waals surface area contributed by atoms with Crippen molar-refractivity contribution in [2.75, 3.05) is 0 Å². The van der Waals surface area contributed by atoms with E-state index >= 15 is 0 Å². The van der Waals surface area contributed by atoms with Crippen LogP contribution in [0.1, 0.15) is 0 Å². The molecule has 11 rings (SSSR count). The minimum atomic E-state index is 0.846. The van der Waals surface area contributed by atoms with Crippen molar-refractivity contribution in [3.63, 3.8) is 0 Å². The summed E-state index contributed by atoms with van der Waals surface area (Å²) in [4.78, 5) is 5.42. The molecule has 0 aliphatic rings. The van der Waals surface area contributed by atoms with Crippen LogP contribution in [-0.2, 0) is 0 Å². The Balaban J connectivity index is 1.35. The monoisotopic (exact) mass is 610 g/mol. The third-order valence-electron chi connectivity index (χ3n) is 10.1. The topological polar surface area (TPSA) is 30.4 Å². The molecular formula is C45H26N2O. The van der Waals surface area contributed by atoms with Gasteiger partial charge < -0.3 is 4.42 Å². The maximum atomic E-state index is 6.87. The van der Waals surface area contributed by atoms with Crippen LogP contribution >= 0.6 is 0 Å². The van der Waals surface area contributed by atoms with E-state index in [1.807, 2.05) is 0 Å². The number of benzene rings is 8. The Labute approximate surface area is 274 Å². The molecule has 0 saturated heterocycles. The number of rotatable bonds is 1. The fourth-order valence-corrected chi connectivity index (χ4v) is 8.04. The van der Waals surface area contributed by atoms with Gasteiger partial charge in [-0.3, -0.25) is 4.40 Å². The standard InChI is InChI=1S/C45H26N2O/c1-2-12-29-27(11-1)23-24-28-25-39-36-19-9-20-37(44(36)48-42(39)26-38(28)29)45-46-40-21-10-18-35-33-16-6-4-14-31(33)30-13-3-5-15-32(30)34-17-7-8-22-41(34)47(45)43(35)40/h1-26H. The van der Waals surface area contributed by atoms with Gasteiger partial charge in [-0.1, -0.05) is 127 Å². The smallest absolute Gasteiger partial charge is 0.149 e. The minimum Gasteiger partial charge on any atom is -0.455 e. The van der Waals surface area contributed by atoms with E-state index < -0.39 is 0 Å². The molecule has 3 heterocycles. The second-order valence-electron chi connectivity index (χ2n) is 12.7. The summed E-state index contributed by atoms with van der Waals surface area (Å²) in [6.45, 7) is 0. The van der Waals surface area contributed by atoms with Gasteiger partial charge in [-0.25, -0.2) is 4.98 Å².